The van der Waals surface area contributed by atoms with Crippen LogP contribution < -0.4 is 9.64 Å². The fourth-order valence-electron chi connectivity index (χ4n) is 2.73. The Morgan fingerprint density at radius 2 is 1.94 bits per heavy atom. The molecule has 1 fully saturated rings. The molecule has 1 aliphatic heterocycles. The number of carboxylic acid groups (broad SMARTS) is 1. The molecule has 1 N–H and O–H groups in total. The van der Waals surface area contributed by atoms with Crippen LogP contribution in [0.3, 0.4) is 0 Å². The third-order valence-corrected chi connectivity index (χ3v) is 3.66. The Morgan fingerprint density at radius 1 is 1.33 bits per heavy atom. The van der Waals surface area contributed by atoms with Gasteiger partial charge in [-0.15, -0.1) is 0 Å². The van der Waals surface area contributed by atoms with Gasteiger partial charge in [-0.1, -0.05) is 0 Å². The van der Waals surface area contributed by atoms with E-state index < -0.39 is 5.97 Å². The molecular formula is C14H19NO3. The smallest absolute Gasteiger partial charge is 0.339 e. The molecule has 0 bridgehead atoms. The average molecular weight is 249 g/mol. The van der Waals surface area contributed by atoms with Crippen molar-refractivity contribution in [1.29, 1.82) is 0 Å². The lowest BCUT2D eigenvalue weighted by Crippen LogP contribution is -2.32. The molecular weight excluding hydrogens is 230 g/mol. The van der Waals surface area contributed by atoms with Crippen molar-refractivity contribution < 1.29 is 14.6 Å². The summed E-state index contributed by atoms with van der Waals surface area (Å²) < 4.78 is 5.08. The highest BCUT2D eigenvalue weighted by Gasteiger charge is 2.28. The summed E-state index contributed by atoms with van der Waals surface area (Å²) in [5.74, 6) is -0.543. The van der Waals surface area contributed by atoms with E-state index in [1.54, 1.807) is 12.1 Å². The zero-order valence-electron chi connectivity index (χ0n) is 11.0. The minimum absolute atomic E-state index is 0.223. The van der Waals surface area contributed by atoms with Crippen LogP contribution in [0, 0.1) is 0 Å². The van der Waals surface area contributed by atoms with Gasteiger partial charge in [-0.2, -0.15) is 0 Å². The zero-order chi connectivity index (χ0) is 13.3. The quantitative estimate of drug-likeness (QED) is 0.895. The van der Waals surface area contributed by atoms with E-state index in [9.17, 15) is 9.90 Å². The molecule has 0 aromatic heterocycles. The minimum atomic E-state index is -0.951. The van der Waals surface area contributed by atoms with Crippen LogP contribution in [0.4, 0.5) is 5.69 Å². The van der Waals surface area contributed by atoms with Gasteiger partial charge >= 0.3 is 5.97 Å². The number of ether oxygens (including phenoxy) is 1. The third kappa shape index (κ3) is 2.15. The molecule has 0 aliphatic carbocycles. The summed E-state index contributed by atoms with van der Waals surface area (Å²) >= 11 is 0. The van der Waals surface area contributed by atoms with E-state index in [-0.39, 0.29) is 5.56 Å². The lowest BCUT2D eigenvalue weighted by atomic mass is 10.1. The molecule has 0 amide bonds. The van der Waals surface area contributed by atoms with Crippen LogP contribution in [0.1, 0.15) is 37.0 Å². The predicted molar refractivity (Wildman–Crippen MR) is 70.6 cm³/mol. The van der Waals surface area contributed by atoms with Crippen molar-refractivity contribution in [2.45, 2.75) is 38.8 Å². The largest absolute Gasteiger partial charge is 0.496 e. The summed E-state index contributed by atoms with van der Waals surface area (Å²) in [6, 6.07) is 6.28. The van der Waals surface area contributed by atoms with Crippen molar-refractivity contribution in [3.8, 4) is 5.75 Å². The summed E-state index contributed by atoms with van der Waals surface area (Å²) in [6.07, 6.45) is 2.30. The summed E-state index contributed by atoms with van der Waals surface area (Å²) in [5.41, 5.74) is 1.19. The monoisotopic (exact) mass is 249 g/mol. The number of methoxy groups -OCH3 is 1. The Hall–Kier alpha value is -1.71. The van der Waals surface area contributed by atoms with Gasteiger partial charge in [0, 0.05) is 17.8 Å². The van der Waals surface area contributed by atoms with E-state index >= 15 is 0 Å². The average Bonchev–Trinajstić information content (AvgIpc) is 2.68. The summed E-state index contributed by atoms with van der Waals surface area (Å²) in [7, 11) is 1.49. The molecule has 0 saturated carbocycles. The highest BCUT2D eigenvalue weighted by atomic mass is 16.5. The number of hydrogen-bond acceptors (Lipinski definition) is 3. The Balaban J connectivity index is 2.40. The molecule has 0 spiro atoms. The lowest BCUT2D eigenvalue weighted by molar-refractivity contribution is 0.0693. The molecule has 2 atom stereocenters. The molecule has 2 rings (SSSR count). The highest BCUT2D eigenvalue weighted by Crippen LogP contribution is 2.33. The van der Waals surface area contributed by atoms with Crippen molar-refractivity contribution >= 4 is 11.7 Å². The van der Waals surface area contributed by atoms with Crippen molar-refractivity contribution in [3.63, 3.8) is 0 Å². The minimum Gasteiger partial charge on any atom is -0.496 e. The second-order valence-corrected chi connectivity index (χ2v) is 4.87. The molecule has 1 aliphatic rings. The van der Waals surface area contributed by atoms with Crippen LogP contribution in [0.2, 0.25) is 0 Å². The van der Waals surface area contributed by atoms with Crippen molar-refractivity contribution in [2.24, 2.45) is 0 Å². The highest BCUT2D eigenvalue weighted by molar-refractivity contribution is 5.92. The molecule has 1 saturated heterocycles. The van der Waals surface area contributed by atoms with E-state index in [0.29, 0.717) is 17.8 Å². The lowest BCUT2D eigenvalue weighted by Gasteiger charge is -2.29. The number of hydrogen-bond donors (Lipinski definition) is 1. The molecule has 18 heavy (non-hydrogen) atoms. The van der Waals surface area contributed by atoms with Crippen LogP contribution in [-0.4, -0.2) is 30.3 Å². The molecule has 0 radical (unpaired) electrons. The molecule has 1 aromatic rings. The Kier molecular flexibility index (Phi) is 3.45. The number of benzene rings is 1. The van der Waals surface area contributed by atoms with Gasteiger partial charge in [0.05, 0.1) is 7.11 Å². The van der Waals surface area contributed by atoms with Crippen LogP contribution >= 0.6 is 0 Å². The number of anilines is 1. The second kappa shape index (κ2) is 4.88. The predicted octanol–water partition coefficient (Wildman–Crippen LogP) is 2.77. The first kappa shape index (κ1) is 12.7. The first-order chi connectivity index (χ1) is 8.54. The first-order valence-corrected chi connectivity index (χ1v) is 6.24. The van der Waals surface area contributed by atoms with E-state index in [0.717, 1.165) is 18.5 Å². The van der Waals surface area contributed by atoms with E-state index in [1.807, 2.05) is 6.07 Å². The number of aromatic carboxylic acids is 1. The third-order valence-electron chi connectivity index (χ3n) is 3.66. The molecule has 4 heteroatoms. The summed E-state index contributed by atoms with van der Waals surface area (Å²) in [4.78, 5) is 13.5. The van der Waals surface area contributed by atoms with Gasteiger partial charge in [0.15, 0.2) is 0 Å². The maximum absolute atomic E-state index is 11.2. The summed E-state index contributed by atoms with van der Waals surface area (Å²) in [5, 5.41) is 9.20. The molecule has 2 unspecified atom stereocenters. The fraction of sp³-hybridized carbons (Fsp3) is 0.500. The van der Waals surface area contributed by atoms with Crippen LogP contribution in [0.5, 0.6) is 5.75 Å². The zero-order valence-corrected chi connectivity index (χ0v) is 11.0. The normalized spacial score (nSPS) is 23.2. The van der Waals surface area contributed by atoms with E-state index in [2.05, 4.69) is 18.7 Å². The molecule has 1 heterocycles. The molecule has 98 valence electrons. The van der Waals surface area contributed by atoms with Crippen molar-refractivity contribution in [3.05, 3.63) is 23.8 Å². The Labute approximate surface area is 107 Å². The summed E-state index contributed by atoms with van der Waals surface area (Å²) in [6.45, 7) is 4.35. The maximum Gasteiger partial charge on any atom is 0.339 e. The number of carboxylic acids is 1. The van der Waals surface area contributed by atoms with Gasteiger partial charge in [0.25, 0.3) is 0 Å². The first-order valence-electron chi connectivity index (χ1n) is 6.24. The topological polar surface area (TPSA) is 49.8 Å². The van der Waals surface area contributed by atoms with Crippen molar-refractivity contribution in [2.75, 3.05) is 12.0 Å². The van der Waals surface area contributed by atoms with Gasteiger partial charge in [-0.25, -0.2) is 4.79 Å². The second-order valence-electron chi connectivity index (χ2n) is 4.87. The van der Waals surface area contributed by atoms with Crippen LogP contribution in [-0.2, 0) is 0 Å². The number of nitrogens with zero attached hydrogens (tertiary/aromatic N) is 1. The Bertz CT molecular complexity index is 448. The van der Waals surface area contributed by atoms with E-state index in [1.165, 1.54) is 7.11 Å². The van der Waals surface area contributed by atoms with Gasteiger partial charge in [0.2, 0.25) is 0 Å². The van der Waals surface area contributed by atoms with Crippen molar-refractivity contribution in [1.82, 2.24) is 0 Å². The van der Waals surface area contributed by atoms with Gasteiger partial charge in [-0.05, 0) is 44.9 Å². The SMILES string of the molecule is COc1ccc(N2C(C)CCC2C)cc1C(=O)O. The molecule has 4 nitrogen and oxygen atoms in total. The maximum atomic E-state index is 11.2. The van der Waals surface area contributed by atoms with Gasteiger partial charge in [0.1, 0.15) is 11.3 Å². The molecule has 1 aromatic carbocycles. The fourth-order valence-corrected chi connectivity index (χ4v) is 2.73. The van der Waals surface area contributed by atoms with Gasteiger partial charge in [-0.3, -0.25) is 0 Å². The Morgan fingerprint density at radius 3 is 2.44 bits per heavy atom. The standard InChI is InChI=1S/C14H19NO3/c1-9-4-5-10(2)15(9)11-6-7-13(18-3)12(8-11)14(16)17/h6-10H,4-5H2,1-3H3,(H,16,17). The van der Waals surface area contributed by atoms with E-state index in [4.69, 9.17) is 4.74 Å². The number of carbonyl (C=O) groups is 1. The van der Waals surface area contributed by atoms with Crippen LogP contribution in [0.25, 0.3) is 0 Å². The van der Waals surface area contributed by atoms with Crippen LogP contribution in [0.15, 0.2) is 18.2 Å². The van der Waals surface area contributed by atoms with Gasteiger partial charge < -0.3 is 14.7 Å². The number of rotatable bonds is 3.